The van der Waals surface area contributed by atoms with Gasteiger partial charge in [0.2, 0.25) is 0 Å². The van der Waals surface area contributed by atoms with E-state index in [2.05, 4.69) is 59.5 Å². The van der Waals surface area contributed by atoms with Crippen molar-refractivity contribution in [2.24, 2.45) is 5.92 Å². The molecule has 3 aromatic rings. The standard InChI is InChI=1S/C28H32N2O/c1-29(21-25-10-6-3-7-11-25)28(31)27-14-12-26(13-15-27)22-30-18-16-24(17-19-30)20-23-8-4-2-5-9-23/h2-15,24H,16-22H2,1H3. The van der Waals surface area contributed by atoms with E-state index in [1.54, 1.807) is 4.90 Å². The van der Waals surface area contributed by atoms with Gasteiger partial charge in [-0.2, -0.15) is 0 Å². The van der Waals surface area contributed by atoms with Crippen LogP contribution in [-0.4, -0.2) is 35.8 Å². The molecule has 3 heteroatoms. The Morgan fingerprint density at radius 1 is 0.806 bits per heavy atom. The highest BCUT2D eigenvalue weighted by Gasteiger charge is 2.20. The largest absolute Gasteiger partial charge is 0.337 e. The maximum absolute atomic E-state index is 12.8. The van der Waals surface area contributed by atoms with Gasteiger partial charge in [0.15, 0.2) is 0 Å². The summed E-state index contributed by atoms with van der Waals surface area (Å²) >= 11 is 0. The minimum Gasteiger partial charge on any atom is -0.337 e. The summed E-state index contributed by atoms with van der Waals surface area (Å²) < 4.78 is 0. The molecule has 0 atom stereocenters. The number of carbonyl (C=O) groups excluding carboxylic acids is 1. The van der Waals surface area contributed by atoms with Crippen LogP contribution in [0.5, 0.6) is 0 Å². The van der Waals surface area contributed by atoms with Crippen molar-refractivity contribution in [2.45, 2.75) is 32.4 Å². The second kappa shape index (κ2) is 10.4. The Bertz CT molecular complexity index is 945. The molecule has 1 amide bonds. The number of hydrogen-bond acceptors (Lipinski definition) is 2. The molecule has 0 spiro atoms. The number of nitrogens with zero attached hydrogens (tertiary/aromatic N) is 2. The van der Waals surface area contributed by atoms with Gasteiger partial charge in [-0.05, 0) is 67.1 Å². The van der Waals surface area contributed by atoms with Crippen molar-refractivity contribution in [1.82, 2.24) is 9.80 Å². The number of likely N-dealkylation sites (tertiary alicyclic amines) is 1. The van der Waals surface area contributed by atoms with E-state index in [9.17, 15) is 4.79 Å². The van der Waals surface area contributed by atoms with E-state index in [0.717, 1.165) is 36.7 Å². The third-order valence-corrected chi connectivity index (χ3v) is 6.29. The molecule has 1 aliphatic heterocycles. The van der Waals surface area contributed by atoms with Crippen molar-refractivity contribution >= 4 is 5.91 Å². The quantitative estimate of drug-likeness (QED) is 0.518. The maximum atomic E-state index is 12.8. The lowest BCUT2D eigenvalue weighted by atomic mass is 9.90. The van der Waals surface area contributed by atoms with Crippen molar-refractivity contribution < 1.29 is 4.79 Å². The molecular weight excluding hydrogens is 380 g/mol. The van der Waals surface area contributed by atoms with Crippen molar-refractivity contribution in [3.05, 3.63) is 107 Å². The van der Waals surface area contributed by atoms with Crippen LogP contribution in [0.25, 0.3) is 0 Å². The van der Waals surface area contributed by atoms with Gasteiger partial charge in [0.25, 0.3) is 5.91 Å². The molecule has 0 aromatic heterocycles. The van der Waals surface area contributed by atoms with Crippen molar-refractivity contribution in [3.63, 3.8) is 0 Å². The molecule has 4 rings (SSSR count). The summed E-state index contributed by atoms with van der Waals surface area (Å²) in [4.78, 5) is 17.1. The number of rotatable bonds is 7. The van der Waals surface area contributed by atoms with Gasteiger partial charge >= 0.3 is 0 Å². The fourth-order valence-corrected chi connectivity index (χ4v) is 4.46. The fourth-order valence-electron chi connectivity index (χ4n) is 4.46. The lowest BCUT2D eigenvalue weighted by Gasteiger charge is -2.32. The van der Waals surface area contributed by atoms with Crippen LogP contribution in [0.1, 0.15) is 39.9 Å². The Balaban J connectivity index is 1.25. The normalized spacial score (nSPS) is 15.0. The predicted octanol–water partition coefficient (Wildman–Crippen LogP) is 5.41. The molecule has 0 bridgehead atoms. The van der Waals surface area contributed by atoms with Gasteiger partial charge in [-0.25, -0.2) is 0 Å². The Kier molecular flexibility index (Phi) is 7.16. The molecule has 1 heterocycles. The molecule has 0 aliphatic carbocycles. The van der Waals surface area contributed by atoms with E-state index >= 15 is 0 Å². The smallest absolute Gasteiger partial charge is 0.253 e. The molecule has 0 N–H and O–H groups in total. The maximum Gasteiger partial charge on any atom is 0.253 e. The molecule has 1 aliphatic rings. The lowest BCUT2D eigenvalue weighted by Crippen LogP contribution is -2.33. The van der Waals surface area contributed by atoms with E-state index in [-0.39, 0.29) is 5.91 Å². The summed E-state index contributed by atoms with van der Waals surface area (Å²) in [7, 11) is 1.86. The van der Waals surface area contributed by atoms with Gasteiger partial charge in [0, 0.05) is 25.7 Å². The number of amides is 1. The summed E-state index contributed by atoms with van der Waals surface area (Å²) in [5.74, 6) is 0.857. The van der Waals surface area contributed by atoms with Gasteiger partial charge in [0.1, 0.15) is 0 Å². The average Bonchev–Trinajstić information content (AvgIpc) is 2.82. The van der Waals surface area contributed by atoms with Gasteiger partial charge < -0.3 is 4.90 Å². The minimum absolute atomic E-state index is 0.0668. The van der Waals surface area contributed by atoms with Gasteiger partial charge in [0.05, 0.1) is 0 Å². The molecule has 1 fully saturated rings. The van der Waals surface area contributed by atoms with Crippen molar-refractivity contribution in [3.8, 4) is 0 Å². The van der Waals surface area contributed by atoms with Crippen molar-refractivity contribution in [1.29, 1.82) is 0 Å². The van der Waals surface area contributed by atoms with Crippen LogP contribution in [-0.2, 0) is 19.5 Å². The first-order valence-electron chi connectivity index (χ1n) is 11.3. The summed E-state index contributed by atoms with van der Waals surface area (Å²) in [6.07, 6.45) is 3.72. The molecule has 0 radical (unpaired) electrons. The molecule has 0 unspecified atom stereocenters. The Morgan fingerprint density at radius 2 is 1.39 bits per heavy atom. The third-order valence-electron chi connectivity index (χ3n) is 6.29. The molecule has 160 valence electrons. The average molecular weight is 413 g/mol. The van der Waals surface area contributed by atoms with Crippen LogP contribution in [0.15, 0.2) is 84.9 Å². The van der Waals surface area contributed by atoms with E-state index in [4.69, 9.17) is 0 Å². The lowest BCUT2D eigenvalue weighted by molar-refractivity contribution is 0.0785. The van der Waals surface area contributed by atoms with Crippen LogP contribution in [0.3, 0.4) is 0 Å². The number of carbonyl (C=O) groups is 1. The number of piperidine rings is 1. The number of benzene rings is 3. The summed E-state index contributed by atoms with van der Waals surface area (Å²) in [5, 5.41) is 0. The molecule has 0 saturated carbocycles. The second-order valence-electron chi connectivity index (χ2n) is 8.75. The van der Waals surface area contributed by atoms with E-state index in [1.807, 2.05) is 37.4 Å². The van der Waals surface area contributed by atoms with Crippen LogP contribution in [0.2, 0.25) is 0 Å². The molecule has 1 saturated heterocycles. The first kappa shape index (κ1) is 21.3. The summed E-state index contributed by atoms with van der Waals surface area (Å²) in [5.41, 5.74) is 4.64. The topological polar surface area (TPSA) is 23.6 Å². The molecule has 31 heavy (non-hydrogen) atoms. The summed E-state index contributed by atoms with van der Waals surface area (Å²) in [6.45, 7) is 3.89. The SMILES string of the molecule is CN(Cc1ccccc1)C(=O)c1ccc(CN2CCC(Cc3ccccc3)CC2)cc1. The van der Waals surface area contributed by atoms with E-state index < -0.39 is 0 Å². The molecular formula is C28H32N2O. The van der Waals surface area contributed by atoms with Crippen LogP contribution >= 0.6 is 0 Å². The van der Waals surface area contributed by atoms with Gasteiger partial charge in [-0.3, -0.25) is 9.69 Å². The van der Waals surface area contributed by atoms with Gasteiger partial charge in [-0.15, -0.1) is 0 Å². The number of hydrogen-bond donors (Lipinski definition) is 0. The fraction of sp³-hybridized carbons (Fsp3) is 0.321. The van der Waals surface area contributed by atoms with Crippen LogP contribution in [0, 0.1) is 5.92 Å². The van der Waals surface area contributed by atoms with E-state index in [0.29, 0.717) is 6.54 Å². The van der Waals surface area contributed by atoms with E-state index in [1.165, 1.54) is 30.4 Å². The Hall–Kier alpha value is -2.91. The first-order chi connectivity index (χ1) is 15.2. The highest BCUT2D eigenvalue weighted by molar-refractivity contribution is 5.94. The highest BCUT2D eigenvalue weighted by Crippen LogP contribution is 2.23. The minimum atomic E-state index is 0.0668. The third kappa shape index (κ3) is 6.05. The monoisotopic (exact) mass is 412 g/mol. The zero-order valence-corrected chi connectivity index (χ0v) is 18.4. The molecule has 3 nitrogen and oxygen atoms in total. The van der Waals surface area contributed by atoms with Gasteiger partial charge in [-0.1, -0.05) is 72.8 Å². The van der Waals surface area contributed by atoms with Crippen molar-refractivity contribution in [2.75, 3.05) is 20.1 Å². The first-order valence-corrected chi connectivity index (χ1v) is 11.3. The zero-order chi connectivity index (χ0) is 21.5. The Morgan fingerprint density at radius 3 is 2.00 bits per heavy atom. The van der Waals surface area contributed by atoms with Crippen LogP contribution in [0.4, 0.5) is 0 Å². The highest BCUT2D eigenvalue weighted by atomic mass is 16.2. The zero-order valence-electron chi connectivity index (χ0n) is 18.4. The van der Waals surface area contributed by atoms with Crippen LogP contribution < -0.4 is 0 Å². The predicted molar refractivity (Wildman–Crippen MR) is 127 cm³/mol. The Labute approximate surface area is 186 Å². The summed E-state index contributed by atoms with van der Waals surface area (Å²) in [6, 6.07) is 29.1. The second-order valence-corrected chi connectivity index (χ2v) is 8.75. The molecule has 3 aromatic carbocycles.